The zero-order valence-corrected chi connectivity index (χ0v) is 12.6. The maximum absolute atomic E-state index is 12.4. The molecule has 0 aromatic heterocycles. The number of anilines is 1. The van der Waals surface area contributed by atoms with Crippen LogP contribution in [0.2, 0.25) is 5.02 Å². The number of nitrogens with zero attached hydrogens (tertiary/aromatic N) is 1. The normalized spacial score (nSPS) is 17.2. The highest BCUT2D eigenvalue weighted by atomic mass is 35.5. The van der Waals surface area contributed by atoms with Gasteiger partial charge in [0.15, 0.2) is 0 Å². The van der Waals surface area contributed by atoms with E-state index in [1.807, 2.05) is 6.92 Å². The summed E-state index contributed by atoms with van der Waals surface area (Å²) >= 11 is 5.88. The molecule has 1 saturated carbocycles. The molecule has 6 nitrogen and oxygen atoms in total. The molecule has 114 valence electrons. The summed E-state index contributed by atoms with van der Waals surface area (Å²) in [5.41, 5.74) is 5.38. The topological polar surface area (TPSA) is 98.3 Å². The van der Waals surface area contributed by atoms with E-state index in [4.69, 9.17) is 17.3 Å². The molecular weight excluding hydrogens is 294 g/mol. The molecule has 21 heavy (non-hydrogen) atoms. The quantitative estimate of drug-likeness (QED) is 0.508. The third-order valence-electron chi connectivity index (χ3n) is 3.94. The van der Waals surface area contributed by atoms with Crippen molar-refractivity contribution in [3.63, 3.8) is 0 Å². The number of non-ortho nitro benzene ring substituents is 1. The summed E-state index contributed by atoms with van der Waals surface area (Å²) in [6.07, 6.45) is 5.06. The van der Waals surface area contributed by atoms with E-state index in [2.05, 4.69) is 5.32 Å². The number of nitro groups is 1. The van der Waals surface area contributed by atoms with Crippen LogP contribution in [0.5, 0.6) is 0 Å². The second-order valence-electron chi connectivity index (χ2n) is 5.72. The van der Waals surface area contributed by atoms with Gasteiger partial charge in [0.1, 0.15) is 0 Å². The summed E-state index contributed by atoms with van der Waals surface area (Å²) in [5.74, 6) is -0.414. The van der Waals surface area contributed by atoms with Crippen LogP contribution in [-0.2, 0) is 0 Å². The Bertz CT molecular complexity index is 583. The van der Waals surface area contributed by atoms with Crippen molar-refractivity contribution in [3.8, 4) is 0 Å². The summed E-state index contributed by atoms with van der Waals surface area (Å²) in [6, 6.07) is 2.32. The minimum Gasteiger partial charge on any atom is -0.397 e. The maximum atomic E-state index is 12.4. The molecule has 1 aromatic carbocycles. The minimum absolute atomic E-state index is 0.0168. The summed E-state index contributed by atoms with van der Waals surface area (Å²) in [5, 5.41) is 13.8. The van der Waals surface area contributed by atoms with Crippen molar-refractivity contribution in [2.45, 2.75) is 44.6 Å². The molecule has 1 fully saturated rings. The number of hydrogen-bond acceptors (Lipinski definition) is 4. The highest BCUT2D eigenvalue weighted by molar-refractivity contribution is 6.34. The average molecular weight is 312 g/mol. The molecule has 0 unspecified atom stereocenters. The first-order valence-electron chi connectivity index (χ1n) is 6.88. The lowest BCUT2D eigenvalue weighted by Gasteiger charge is -2.34. The van der Waals surface area contributed by atoms with Gasteiger partial charge in [0.25, 0.3) is 11.6 Å². The molecule has 0 radical (unpaired) electrons. The number of halogens is 1. The Kier molecular flexibility index (Phi) is 4.37. The summed E-state index contributed by atoms with van der Waals surface area (Å²) in [4.78, 5) is 22.7. The van der Waals surface area contributed by atoms with E-state index in [9.17, 15) is 14.9 Å². The van der Waals surface area contributed by atoms with Crippen molar-refractivity contribution >= 4 is 28.9 Å². The van der Waals surface area contributed by atoms with E-state index >= 15 is 0 Å². The van der Waals surface area contributed by atoms with Gasteiger partial charge in [-0.05, 0) is 19.8 Å². The summed E-state index contributed by atoms with van der Waals surface area (Å²) < 4.78 is 0. The minimum atomic E-state index is -0.593. The second kappa shape index (κ2) is 5.89. The van der Waals surface area contributed by atoms with E-state index in [0.717, 1.165) is 38.2 Å². The van der Waals surface area contributed by atoms with Crippen molar-refractivity contribution < 1.29 is 9.72 Å². The zero-order chi connectivity index (χ0) is 15.6. The molecule has 3 N–H and O–H groups in total. The predicted molar refractivity (Wildman–Crippen MR) is 81.5 cm³/mol. The smallest absolute Gasteiger partial charge is 0.271 e. The van der Waals surface area contributed by atoms with Gasteiger partial charge >= 0.3 is 0 Å². The molecule has 0 heterocycles. The molecule has 1 aliphatic carbocycles. The second-order valence-corrected chi connectivity index (χ2v) is 6.13. The van der Waals surface area contributed by atoms with Crippen LogP contribution >= 0.6 is 11.6 Å². The lowest BCUT2D eigenvalue weighted by Crippen LogP contribution is -2.47. The van der Waals surface area contributed by atoms with Gasteiger partial charge in [0.2, 0.25) is 0 Å². The number of nitrogens with one attached hydrogen (secondary N) is 1. The van der Waals surface area contributed by atoms with Crippen molar-refractivity contribution in [1.82, 2.24) is 5.32 Å². The summed E-state index contributed by atoms with van der Waals surface area (Å²) in [6.45, 7) is 1.99. The Balaban J connectivity index is 2.28. The highest BCUT2D eigenvalue weighted by Crippen LogP contribution is 2.31. The molecule has 0 aliphatic heterocycles. The van der Waals surface area contributed by atoms with Crippen LogP contribution in [0, 0.1) is 10.1 Å². The number of amides is 1. The third-order valence-corrected chi connectivity index (χ3v) is 4.25. The zero-order valence-electron chi connectivity index (χ0n) is 11.8. The molecule has 2 rings (SSSR count). The van der Waals surface area contributed by atoms with Crippen molar-refractivity contribution in [1.29, 1.82) is 0 Å². The highest BCUT2D eigenvalue weighted by Gasteiger charge is 2.30. The Morgan fingerprint density at radius 1 is 1.38 bits per heavy atom. The molecule has 0 atom stereocenters. The number of rotatable bonds is 3. The first-order valence-corrected chi connectivity index (χ1v) is 7.26. The molecule has 1 amide bonds. The largest absolute Gasteiger partial charge is 0.397 e. The van der Waals surface area contributed by atoms with E-state index < -0.39 is 10.8 Å². The van der Waals surface area contributed by atoms with Gasteiger partial charge < -0.3 is 11.1 Å². The average Bonchev–Trinajstić information content (AvgIpc) is 2.41. The number of carbonyl (C=O) groups excluding carboxylic acids is 1. The Morgan fingerprint density at radius 3 is 2.57 bits per heavy atom. The van der Waals surface area contributed by atoms with E-state index in [1.54, 1.807) is 0 Å². The van der Waals surface area contributed by atoms with Crippen molar-refractivity contribution in [3.05, 3.63) is 32.8 Å². The van der Waals surface area contributed by atoms with Crippen LogP contribution in [0.25, 0.3) is 0 Å². The monoisotopic (exact) mass is 311 g/mol. The molecule has 1 aliphatic rings. The number of hydrogen-bond donors (Lipinski definition) is 2. The number of carbonyl (C=O) groups is 1. The van der Waals surface area contributed by atoms with Gasteiger partial charge in [0.05, 0.1) is 21.2 Å². The van der Waals surface area contributed by atoms with Gasteiger partial charge in [0, 0.05) is 17.7 Å². The van der Waals surface area contributed by atoms with Gasteiger partial charge in [-0.3, -0.25) is 14.9 Å². The van der Waals surface area contributed by atoms with Crippen LogP contribution in [-0.4, -0.2) is 16.4 Å². The maximum Gasteiger partial charge on any atom is 0.271 e. The number of nitrogens with two attached hydrogens (primary N) is 1. The molecule has 0 spiro atoms. The SMILES string of the molecule is CC1(NC(=O)c2cc([N+](=O)[O-])cc(Cl)c2N)CCCCC1. The first kappa shape index (κ1) is 15.6. The Morgan fingerprint density at radius 2 is 2.00 bits per heavy atom. The Labute approximate surface area is 127 Å². The van der Waals surface area contributed by atoms with E-state index in [1.165, 1.54) is 6.07 Å². The molecule has 0 bridgehead atoms. The van der Waals surface area contributed by atoms with Gasteiger partial charge in [-0.1, -0.05) is 30.9 Å². The van der Waals surface area contributed by atoms with Crippen LogP contribution in [0.3, 0.4) is 0 Å². The molecule has 1 aromatic rings. The molecule has 0 saturated heterocycles. The number of benzene rings is 1. The van der Waals surface area contributed by atoms with Crippen LogP contribution in [0.15, 0.2) is 12.1 Å². The van der Waals surface area contributed by atoms with Crippen LogP contribution in [0.4, 0.5) is 11.4 Å². The van der Waals surface area contributed by atoms with Gasteiger partial charge in [-0.25, -0.2) is 0 Å². The first-order chi connectivity index (χ1) is 9.82. The van der Waals surface area contributed by atoms with E-state index in [-0.39, 0.29) is 27.5 Å². The van der Waals surface area contributed by atoms with E-state index in [0.29, 0.717) is 0 Å². The number of nitrogen functional groups attached to an aromatic ring is 1. The van der Waals surface area contributed by atoms with Crippen molar-refractivity contribution in [2.75, 3.05) is 5.73 Å². The Hall–Kier alpha value is -1.82. The van der Waals surface area contributed by atoms with Gasteiger partial charge in [-0.15, -0.1) is 0 Å². The lowest BCUT2D eigenvalue weighted by atomic mass is 9.83. The van der Waals surface area contributed by atoms with Crippen LogP contribution < -0.4 is 11.1 Å². The van der Waals surface area contributed by atoms with Crippen LogP contribution in [0.1, 0.15) is 49.4 Å². The molecule has 7 heteroatoms. The fourth-order valence-corrected chi connectivity index (χ4v) is 2.91. The predicted octanol–water partition coefficient (Wildman–Crippen LogP) is 3.28. The fraction of sp³-hybridized carbons (Fsp3) is 0.500. The summed E-state index contributed by atoms with van der Waals surface area (Å²) in [7, 11) is 0. The standard InChI is InChI=1S/C14H18ClN3O3/c1-14(5-3-2-4-6-14)17-13(19)10-7-9(18(20)21)8-11(15)12(10)16/h7-8H,2-6,16H2,1H3,(H,17,19). The molecular formula is C14H18ClN3O3. The lowest BCUT2D eigenvalue weighted by molar-refractivity contribution is -0.384. The van der Waals surface area contributed by atoms with Gasteiger partial charge in [-0.2, -0.15) is 0 Å². The fourth-order valence-electron chi connectivity index (χ4n) is 2.70. The van der Waals surface area contributed by atoms with Crippen molar-refractivity contribution in [2.24, 2.45) is 0 Å². The third kappa shape index (κ3) is 3.44. The number of nitro benzene ring substituents is 1.